The van der Waals surface area contributed by atoms with Crippen LogP contribution in [0.15, 0.2) is 0 Å². The first-order valence-corrected chi connectivity index (χ1v) is 6.51. The number of fused-ring (bicyclic) bond motifs is 1. The summed E-state index contributed by atoms with van der Waals surface area (Å²) in [4.78, 5) is 16.6. The topological polar surface area (TPSA) is 47.3 Å². The van der Waals surface area contributed by atoms with E-state index >= 15 is 0 Å². The Balaban J connectivity index is 2.68. The van der Waals surface area contributed by atoms with Crippen LogP contribution in [-0.2, 0) is 5.41 Å². The number of nitrogens with zero attached hydrogens (tertiary/aromatic N) is 3. The van der Waals surface area contributed by atoms with Gasteiger partial charge in [0.2, 0.25) is 4.96 Å². The average Bonchev–Trinajstić information content (AvgIpc) is 2.71. The van der Waals surface area contributed by atoms with Crippen LogP contribution in [0.2, 0.25) is 0 Å². The number of hydrogen-bond acceptors (Lipinski definition) is 4. The van der Waals surface area contributed by atoms with Gasteiger partial charge in [0.05, 0.1) is 5.69 Å². The van der Waals surface area contributed by atoms with Gasteiger partial charge in [-0.2, -0.15) is 9.61 Å². The lowest BCUT2D eigenvalue weighted by molar-refractivity contribution is 0.111. The average molecular weight is 251 g/mol. The van der Waals surface area contributed by atoms with Crippen molar-refractivity contribution in [3.05, 3.63) is 16.4 Å². The molecule has 0 unspecified atom stereocenters. The summed E-state index contributed by atoms with van der Waals surface area (Å²) in [5.41, 5.74) is 1.26. The van der Waals surface area contributed by atoms with E-state index in [1.54, 1.807) is 15.9 Å². The van der Waals surface area contributed by atoms with Gasteiger partial charge in [0.25, 0.3) is 0 Å². The van der Waals surface area contributed by atoms with Crippen molar-refractivity contribution in [2.75, 3.05) is 0 Å². The van der Waals surface area contributed by atoms with Gasteiger partial charge in [0.15, 0.2) is 6.29 Å². The molecule has 0 aromatic carbocycles. The molecule has 2 heterocycles. The second-order valence-electron chi connectivity index (χ2n) is 5.50. The first kappa shape index (κ1) is 12.2. The van der Waals surface area contributed by atoms with E-state index in [1.807, 2.05) is 0 Å². The molecule has 0 radical (unpaired) electrons. The van der Waals surface area contributed by atoms with Crippen LogP contribution in [0.1, 0.15) is 61.7 Å². The molecule has 5 heteroatoms. The van der Waals surface area contributed by atoms with Crippen molar-refractivity contribution in [2.24, 2.45) is 0 Å². The van der Waals surface area contributed by atoms with Crippen LogP contribution >= 0.6 is 11.3 Å². The molecule has 17 heavy (non-hydrogen) atoms. The maximum atomic E-state index is 11.2. The highest BCUT2D eigenvalue weighted by atomic mass is 32.1. The summed E-state index contributed by atoms with van der Waals surface area (Å²) in [5.74, 6) is 0.360. The van der Waals surface area contributed by atoms with E-state index < -0.39 is 0 Å². The van der Waals surface area contributed by atoms with Crippen molar-refractivity contribution in [2.45, 2.75) is 46.0 Å². The molecule has 0 atom stereocenters. The molecule has 0 fully saturated rings. The summed E-state index contributed by atoms with van der Waals surface area (Å²) in [6.07, 6.45) is 0.852. The van der Waals surface area contributed by atoms with Crippen molar-refractivity contribution < 1.29 is 4.79 Å². The SMILES string of the molecule is CC(C)c1nn2c(C=O)c(C(C)(C)C)nc2s1. The Labute approximate surface area is 105 Å². The van der Waals surface area contributed by atoms with Crippen LogP contribution in [0, 0.1) is 0 Å². The molecule has 0 saturated heterocycles. The maximum Gasteiger partial charge on any atom is 0.213 e. The largest absolute Gasteiger partial charge is 0.296 e. The predicted octanol–water partition coefficient (Wildman–Crippen LogP) is 3.02. The zero-order valence-electron chi connectivity index (χ0n) is 10.8. The van der Waals surface area contributed by atoms with Gasteiger partial charge in [-0.3, -0.25) is 4.79 Å². The highest BCUT2D eigenvalue weighted by Crippen LogP contribution is 2.29. The summed E-state index contributed by atoms with van der Waals surface area (Å²) < 4.78 is 1.67. The number of aromatic nitrogens is 3. The first-order chi connectivity index (χ1) is 7.84. The van der Waals surface area contributed by atoms with Gasteiger partial charge >= 0.3 is 0 Å². The molecule has 0 aliphatic rings. The fraction of sp³-hybridized carbons (Fsp3) is 0.583. The van der Waals surface area contributed by atoms with Gasteiger partial charge in [-0.05, 0) is 0 Å². The predicted molar refractivity (Wildman–Crippen MR) is 69.0 cm³/mol. The molecule has 0 aliphatic heterocycles. The summed E-state index contributed by atoms with van der Waals surface area (Å²) >= 11 is 1.55. The molecular formula is C12H17N3OS. The first-order valence-electron chi connectivity index (χ1n) is 5.69. The Morgan fingerprint density at radius 2 is 2.00 bits per heavy atom. The van der Waals surface area contributed by atoms with Crippen molar-refractivity contribution in [1.82, 2.24) is 14.6 Å². The fourth-order valence-corrected chi connectivity index (χ4v) is 2.58. The molecule has 2 aromatic heterocycles. The molecule has 0 amide bonds. The number of aldehydes is 1. The molecule has 4 nitrogen and oxygen atoms in total. The second-order valence-corrected chi connectivity index (χ2v) is 6.49. The van der Waals surface area contributed by atoms with Gasteiger partial charge in [-0.1, -0.05) is 46.0 Å². The van der Waals surface area contributed by atoms with E-state index in [4.69, 9.17) is 0 Å². The monoisotopic (exact) mass is 251 g/mol. The maximum absolute atomic E-state index is 11.2. The van der Waals surface area contributed by atoms with Gasteiger partial charge in [-0.15, -0.1) is 0 Å². The molecule has 0 bridgehead atoms. The highest BCUT2D eigenvalue weighted by molar-refractivity contribution is 7.16. The molecule has 92 valence electrons. The van der Waals surface area contributed by atoms with Crippen LogP contribution in [0.5, 0.6) is 0 Å². The van der Waals surface area contributed by atoms with Crippen molar-refractivity contribution in [1.29, 1.82) is 0 Å². The van der Waals surface area contributed by atoms with E-state index in [0.717, 1.165) is 21.9 Å². The molecule has 0 saturated carbocycles. The Morgan fingerprint density at radius 1 is 1.35 bits per heavy atom. The normalized spacial score (nSPS) is 12.6. The lowest BCUT2D eigenvalue weighted by atomic mass is 9.91. The molecule has 0 N–H and O–H groups in total. The van der Waals surface area contributed by atoms with Gasteiger partial charge in [-0.25, -0.2) is 4.98 Å². The van der Waals surface area contributed by atoms with Crippen LogP contribution in [0.3, 0.4) is 0 Å². The summed E-state index contributed by atoms with van der Waals surface area (Å²) in [5, 5.41) is 5.47. The number of carbonyl (C=O) groups is 1. The number of hydrogen-bond donors (Lipinski definition) is 0. The van der Waals surface area contributed by atoms with Gasteiger partial charge in [0.1, 0.15) is 10.7 Å². The lowest BCUT2D eigenvalue weighted by Gasteiger charge is -2.15. The van der Waals surface area contributed by atoms with E-state index in [9.17, 15) is 4.79 Å². The fourth-order valence-electron chi connectivity index (χ4n) is 1.67. The zero-order chi connectivity index (χ0) is 12.8. The van der Waals surface area contributed by atoms with E-state index in [-0.39, 0.29) is 5.41 Å². The molecule has 0 aliphatic carbocycles. The number of imidazole rings is 1. The minimum atomic E-state index is -0.137. The van der Waals surface area contributed by atoms with Crippen LogP contribution in [0.25, 0.3) is 4.96 Å². The number of carbonyl (C=O) groups excluding carboxylic acids is 1. The minimum absolute atomic E-state index is 0.137. The molecule has 0 spiro atoms. The standard InChI is InChI=1S/C12H17N3OS/c1-7(2)10-14-15-8(6-16)9(12(3,4)5)13-11(15)17-10/h6-7H,1-5H3. The second kappa shape index (κ2) is 3.91. The Kier molecular flexibility index (Phi) is 2.81. The molecule has 2 rings (SSSR count). The summed E-state index contributed by atoms with van der Waals surface area (Å²) in [6.45, 7) is 10.3. The van der Waals surface area contributed by atoms with Gasteiger partial charge < -0.3 is 0 Å². The van der Waals surface area contributed by atoms with E-state index in [1.165, 1.54) is 0 Å². The Hall–Kier alpha value is -1.23. The smallest absolute Gasteiger partial charge is 0.213 e. The van der Waals surface area contributed by atoms with E-state index in [2.05, 4.69) is 44.7 Å². The van der Waals surface area contributed by atoms with Gasteiger partial charge in [0, 0.05) is 11.3 Å². The highest BCUT2D eigenvalue weighted by Gasteiger charge is 2.25. The molecular weight excluding hydrogens is 234 g/mol. The molecule has 2 aromatic rings. The lowest BCUT2D eigenvalue weighted by Crippen LogP contribution is -2.15. The van der Waals surface area contributed by atoms with E-state index in [0.29, 0.717) is 11.6 Å². The third-order valence-electron chi connectivity index (χ3n) is 2.57. The quantitative estimate of drug-likeness (QED) is 0.771. The van der Waals surface area contributed by atoms with Crippen LogP contribution < -0.4 is 0 Å². The van der Waals surface area contributed by atoms with Crippen molar-refractivity contribution in [3.63, 3.8) is 0 Å². The summed E-state index contributed by atoms with van der Waals surface area (Å²) in [7, 11) is 0. The Bertz CT molecular complexity index is 560. The van der Waals surface area contributed by atoms with Crippen LogP contribution in [-0.4, -0.2) is 20.9 Å². The van der Waals surface area contributed by atoms with Crippen LogP contribution in [0.4, 0.5) is 0 Å². The zero-order valence-corrected chi connectivity index (χ0v) is 11.6. The number of rotatable bonds is 2. The Morgan fingerprint density at radius 3 is 2.47 bits per heavy atom. The minimum Gasteiger partial charge on any atom is -0.296 e. The van der Waals surface area contributed by atoms with Crippen molar-refractivity contribution in [3.8, 4) is 0 Å². The summed E-state index contributed by atoms with van der Waals surface area (Å²) in [6, 6.07) is 0. The third-order valence-corrected chi connectivity index (χ3v) is 3.78. The van der Waals surface area contributed by atoms with Crippen molar-refractivity contribution >= 4 is 22.6 Å². The third kappa shape index (κ3) is 1.99.